The molecule has 1 aromatic rings. The van der Waals surface area contributed by atoms with Crippen LogP contribution >= 0.6 is 11.8 Å². The first-order chi connectivity index (χ1) is 11.4. The lowest BCUT2D eigenvalue weighted by atomic mass is 10.2. The molecule has 9 heteroatoms. The number of nitrogens with zero attached hydrogens (tertiary/aromatic N) is 1. The molecular formula is C15H13NO7S. The second kappa shape index (κ2) is 7.64. The molecule has 0 spiro atoms. The quantitative estimate of drug-likeness (QED) is 0.711. The zero-order chi connectivity index (χ0) is 17.7. The van der Waals surface area contributed by atoms with Crippen LogP contribution < -0.4 is 4.74 Å². The smallest absolute Gasteiger partial charge is 0.323 e. The van der Waals surface area contributed by atoms with Crippen molar-refractivity contribution in [2.75, 3.05) is 13.2 Å². The summed E-state index contributed by atoms with van der Waals surface area (Å²) in [4.78, 5) is 45.6. The minimum atomic E-state index is -1.27. The highest BCUT2D eigenvalue weighted by Crippen LogP contribution is 2.32. The molecule has 0 saturated carbocycles. The predicted molar refractivity (Wildman–Crippen MR) is 84.5 cm³/mol. The van der Waals surface area contributed by atoms with Gasteiger partial charge < -0.3 is 14.9 Å². The predicted octanol–water partition coefficient (Wildman–Crippen LogP) is 1.66. The molecule has 0 aliphatic carbocycles. The Balaban J connectivity index is 2.11. The van der Waals surface area contributed by atoms with Crippen LogP contribution in [0, 0.1) is 0 Å². The summed E-state index contributed by atoms with van der Waals surface area (Å²) in [5.41, 5.74) is 0.573. The van der Waals surface area contributed by atoms with Crippen molar-refractivity contribution in [2.45, 2.75) is 6.42 Å². The van der Waals surface area contributed by atoms with Crippen molar-refractivity contribution in [3.63, 3.8) is 0 Å². The molecular weight excluding hydrogens is 338 g/mol. The summed E-state index contributed by atoms with van der Waals surface area (Å²) in [5.74, 6) is -2.48. The first-order valence-corrected chi connectivity index (χ1v) is 7.60. The van der Waals surface area contributed by atoms with E-state index in [0.717, 1.165) is 0 Å². The summed E-state index contributed by atoms with van der Waals surface area (Å²) in [7, 11) is 0. The van der Waals surface area contributed by atoms with Crippen molar-refractivity contribution in [2.24, 2.45) is 0 Å². The molecule has 2 amide bonds. The van der Waals surface area contributed by atoms with E-state index in [9.17, 15) is 19.2 Å². The van der Waals surface area contributed by atoms with Crippen molar-refractivity contribution in [3.05, 3.63) is 34.7 Å². The average molecular weight is 351 g/mol. The Bertz CT molecular complexity index is 728. The first kappa shape index (κ1) is 17.5. The van der Waals surface area contributed by atoms with E-state index in [1.807, 2.05) is 0 Å². The lowest BCUT2D eigenvalue weighted by molar-refractivity contribution is -0.140. The van der Waals surface area contributed by atoms with Crippen LogP contribution in [0.4, 0.5) is 4.79 Å². The van der Waals surface area contributed by atoms with Crippen LogP contribution in [0.1, 0.15) is 12.0 Å². The molecule has 2 rings (SSSR count). The number of benzene rings is 1. The molecule has 126 valence electrons. The highest BCUT2D eigenvalue weighted by Gasteiger charge is 2.36. The van der Waals surface area contributed by atoms with E-state index >= 15 is 0 Å². The number of amides is 2. The number of hydrogen-bond donors (Lipinski definition) is 2. The number of carbonyl (C=O) groups is 4. The summed E-state index contributed by atoms with van der Waals surface area (Å²) in [5, 5.41) is 16.6. The number of carboxylic acid groups (broad SMARTS) is 2. The molecule has 24 heavy (non-hydrogen) atoms. The van der Waals surface area contributed by atoms with Gasteiger partial charge in [0, 0.05) is 0 Å². The maximum absolute atomic E-state index is 12.0. The molecule has 0 aromatic heterocycles. The molecule has 0 atom stereocenters. The van der Waals surface area contributed by atoms with Gasteiger partial charge in [-0.3, -0.25) is 24.1 Å². The Morgan fingerprint density at radius 3 is 2.62 bits per heavy atom. The third kappa shape index (κ3) is 4.59. The van der Waals surface area contributed by atoms with Crippen LogP contribution in [0.5, 0.6) is 5.75 Å². The largest absolute Gasteiger partial charge is 0.493 e. The van der Waals surface area contributed by atoms with Crippen LogP contribution in [-0.2, 0) is 14.4 Å². The number of aliphatic carboxylic acids is 2. The number of carbonyl (C=O) groups excluding carboxylic acids is 2. The molecule has 1 aliphatic rings. The van der Waals surface area contributed by atoms with E-state index < -0.39 is 29.6 Å². The van der Waals surface area contributed by atoms with E-state index in [1.54, 1.807) is 24.3 Å². The minimum Gasteiger partial charge on any atom is -0.493 e. The topological polar surface area (TPSA) is 121 Å². The standard InChI is InChI=1S/C15H13NO7S/c17-12(18)4-5-23-10-3-1-2-9(6-10)7-11-14(21)16(8-13(19)20)15(22)24-11/h1-3,6-7H,4-5,8H2,(H,17,18)(H,19,20)/b11-7-. The van der Waals surface area contributed by atoms with E-state index in [1.165, 1.54) is 6.08 Å². The molecule has 1 aliphatic heterocycles. The van der Waals surface area contributed by atoms with Crippen molar-refractivity contribution < 1.29 is 34.1 Å². The fraction of sp³-hybridized carbons (Fsp3) is 0.200. The summed E-state index contributed by atoms with van der Waals surface area (Å²) in [6.45, 7) is -0.672. The van der Waals surface area contributed by atoms with Crippen molar-refractivity contribution in [3.8, 4) is 5.75 Å². The first-order valence-electron chi connectivity index (χ1n) is 6.78. The molecule has 0 unspecified atom stereocenters. The van der Waals surface area contributed by atoms with Crippen molar-refractivity contribution in [1.82, 2.24) is 4.90 Å². The molecule has 1 saturated heterocycles. The Labute approximate surface area is 140 Å². The van der Waals surface area contributed by atoms with Gasteiger partial charge in [-0.05, 0) is 35.5 Å². The Morgan fingerprint density at radius 2 is 1.96 bits per heavy atom. The SMILES string of the molecule is O=C(O)CCOc1cccc(/C=C2\SC(=O)N(CC(=O)O)C2=O)c1. The highest BCUT2D eigenvalue weighted by atomic mass is 32.2. The summed E-state index contributed by atoms with van der Waals surface area (Å²) < 4.78 is 5.29. The van der Waals surface area contributed by atoms with Crippen LogP contribution in [0.3, 0.4) is 0 Å². The summed E-state index contributed by atoms with van der Waals surface area (Å²) in [6, 6.07) is 6.56. The van der Waals surface area contributed by atoms with E-state index in [0.29, 0.717) is 28.0 Å². The maximum atomic E-state index is 12.0. The van der Waals surface area contributed by atoms with Gasteiger partial charge >= 0.3 is 11.9 Å². The monoisotopic (exact) mass is 351 g/mol. The van der Waals surface area contributed by atoms with Gasteiger partial charge in [0.25, 0.3) is 11.1 Å². The number of carboxylic acids is 2. The summed E-state index contributed by atoms with van der Waals surface area (Å²) in [6.07, 6.45) is 1.31. The van der Waals surface area contributed by atoms with Crippen molar-refractivity contribution in [1.29, 1.82) is 0 Å². The van der Waals surface area contributed by atoms with Gasteiger partial charge in [-0.15, -0.1) is 0 Å². The number of imide groups is 1. The average Bonchev–Trinajstić information content (AvgIpc) is 2.74. The number of hydrogen-bond acceptors (Lipinski definition) is 6. The third-order valence-corrected chi connectivity index (χ3v) is 3.81. The van der Waals surface area contributed by atoms with Gasteiger partial charge in [-0.25, -0.2) is 0 Å². The van der Waals surface area contributed by atoms with Gasteiger partial charge in [0.1, 0.15) is 12.3 Å². The van der Waals surface area contributed by atoms with Crippen LogP contribution in [-0.4, -0.2) is 51.3 Å². The fourth-order valence-corrected chi connectivity index (χ4v) is 2.71. The van der Waals surface area contributed by atoms with E-state index in [4.69, 9.17) is 14.9 Å². The normalized spacial score (nSPS) is 15.8. The van der Waals surface area contributed by atoms with E-state index in [-0.39, 0.29) is 17.9 Å². The van der Waals surface area contributed by atoms with Gasteiger partial charge in [-0.2, -0.15) is 0 Å². The second-order valence-corrected chi connectivity index (χ2v) is 5.72. The van der Waals surface area contributed by atoms with Gasteiger partial charge in [0.15, 0.2) is 0 Å². The third-order valence-electron chi connectivity index (χ3n) is 2.91. The number of rotatable bonds is 7. The maximum Gasteiger partial charge on any atom is 0.323 e. The molecule has 0 bridgehead atoms. The van der Waals surface area contributed by atoms with E-state index in [2.05, 4.69) is 0 Å². The van der Waals surface area contributed by atoms with Crippen LogP contribution in [0.15, 0.2) is 29.2 Å². The molecule has 8 nitrogen and oxygen atoms in total. The molecule has 2 N–H and O–H groups in total. The van der Waals surface area contributed by atoms with Crippen LogP contribution in [0.2, 0.25) is 0 Å². The van der Waals surface area contributed by atoms with Gasteiger partial charge in [0.2, 0.25) is 0 Å². The van der Waals surface area contributed by atoms with Gasteiger partial charge in [-0.1, -0.05) is 12.1 Å². The molecule has 1 fully saturated rings. The van der Waals surface area contributed by atoms with Crippen LogP contribution in [0.25, 0.3) is 6.08 Å². The van der Waals surface area contributed by atoms with Crippen molar-refractivity contribution >= 4 is 40.9 Å². The highest BCUT2D eigenvalue weighted by molar-refractivity contribution is 8.18. The zero-order valence-corrected chi connectivity index (χ0v) is 13.1. The number of ether oxygens (including phenoxy) is 1. The number of thioether (sulfide) groups is 1. The minimum absolute atomic E-state index is 0.00785. The molecule has 1 heterocycles. The Kier molecular flexibility index (Phi) is 5.59. The second-order valence-electron chi connectivity index (χ2n) is 4.73. The lowest BCUT2D eigenvalue weighted by Crippen LogP contribution is -2.33. The van der Waals surface area contributed by atoms with Gasteiger partial charge in [0.05, 0.1) is 17.9 Å². The molecule has 1 aromatic carbocycles. The summed E-state index contributed by atoms with van der Waals surface area (Å²) >= 11 is 0.663. The fourth-order valence-electron chi connectivity index (χ4n) is 1.87. The molecule has 0 radical (unpaired) electrons. The zero-order valence-electron chi connectivity index (χ0n) is 12.3. The lowest BCUT2D eigenvalue weighted by Gasteiger charge is -2.08. The Morgan fingerprint density at radius 1 is 1.21 bits per heavy atom. The Hall–Kier alpha value is -2.81.